The summed E-state index contributed by atoms with van der Waals surface area (Å²) in [7, 11) is 1.60. The van der Waals surface area contributed by atoms with Crippen molar-refractivity contribution in [2.45, 2.75) is 6.54 Å². The zero-order valence-corrected chi connectivity index (χ0v) is 10.9. The first kappa shape index (κ1) is 12.6. The first-order valence-corrected chi connectivity index (χ1v) is 5.98. The summed E-state index contributed by atoms with van der Waals surface area (Å²) in [5.41, 5.74) is 8.58. The number of ether oxygens (including phenoxy) is 1. The predicted octanol–water partition coefficient (Wildman–Crippen LogP) is 3.54. The second-order valence-electron chi connectivity index (χ2n) is 3.94. The van der Waals surface area contributed by atoms with Crippen LogP contribution in [0.2, 0.25) is 5.02 Å². The molecule has 3 nitrogen and oxygen atoms in total. The second kappa shape index (κ2) is 5.65. The molecule has 2 aromatic rings. The van der Waals surface area contributed by atoms with Gasteiger partial charge in [0.05, 0.1) is 12.8 Å². The lowest BCUT2D eigenvalue weighted by atomic mass is 10.2. The lowest BCUT2D eigenvalue weighted by Gasteiger charge is -2.09. The molecule has 0 atom stereocenters. The predicted molar refractivity (Wildman–Crippen MR) is 76.2 cm³/mol. The summed E-state index contributed by atoms with van der Waals surface area (Å²) < 4.78 is 5.11. The molecular weight excluding hydrogens is 248 g/mol. The molecule has 3 N–H and O–H groups in total. The molecule has 0 aliphatic carbocycles. The molecule has 0 aliphatic rings. The number of hydrogen-bond acceptors (Lipinski definition) is 3. The zero-order chi connectivity index (χ0) is 13.0. The van der Waals surface area contributed by atoms with Crippen LogP contribution in [0.4, 0.5) is 11.4 Å². The lowest BCUT2D eigenvalue weighted by molar-refractivity contribution is 0.417. The zero-order valence-electron chi connectivity index (χ0n) is 10.1. The van der Waals surface area contributed by atoms with E-state index < -0.39 is 0 Å². The molecule has 0 heterocycles. The van der Waals surface area contributed by atoms with Crippen LogP contribution in [0.1, 0.15) is 5.56 Å². The maximum Gasteiger partial charge on any atom is 0.141 e. The maximum absolute atomic E-state index is 5.84. The van der Waals surface area contributed by atoms with Crippen LogP contribution in [0.3, 0.4) is 0 Å². The molecule has 18 heavy (non-hydrogen) atoms. The minimum Gasteiger partial charge on any atom is -0.495 e. The Hall–Kier alpha value is -1.87. The van der Waals surface area contributed by atoms with Gasteiger partial charge < -0.3 is 15.8 Å². The summed E-state index contributed by atoms with van der Waals surface area (Å²) in [5, 5.41) is 4.04. The van der Waals surface area contributed by atoms with Gasteiger partial charge in [-0.25, -0.2) is 0 Å². The fourth-order valence-electron chi connectivity index (χ4n) is 1.65. The van der Waals surface area contributed by atoms with Crippen LogP contribution in [0.15, 0.2) is 42.5 Å². The number of rotatable bonds is 4. The van der Waals surface area contributed by atoms with Crippen LogP contribution in [0.5, 0.6) is 5.75 Å². The van der Waals surface area contributed by atoms with Gasteiger partial charge in [-0.15, -0.1) is 0 Å². The third-order valence-electron chi connectivity index (χ3n) is 2.64. The first-order chi connectivity index (χ1) is 8.69. The van der Waals surface area contributed by atoms with E-state index in [1.807, 2.05) is 42.5 Å². The lowest BCUT2D eigenvalue weighted by Crippen LogP contribution is -2.00. The maximum atomic E-state index is 5.84. The highest BCUT2D eigenvalue weighted by Gasteiger charge is 2.00. The third-order valence-corrected chi connectivity index (χ3v) is 2.89. The molecule has 2 rings (SSSR count). The fraction of sp³-hybridized carbons (Fsp3) is 0.143. The number of nitrogen functional groups attached to an aromatic ring is 1. The van der Waals surface area contributed by atoms with Crippen molar-refractivity contribution < 1.29 is 4.74 Å². The van der Waals surface area contributed by atoms with Crippen LogP contribution < -0.4 is 15.8 Å². The van der Waals surface area contributed by atoms with Crippen molar-refractivity contribution in [2.75, 3.05) is 18.2 Å². The van der Waals surface area contributed by atoms with Gasteiger partial charge in [0.25, 0.3) is 0 Å². The van der Waals surface area contributed by atoms with Gasteiger partial charge in [-0.05, 0) is 35.9 Å². The number of nitrogens with one attached hydrogen (secondary N) is 1. The summed E-state index contributed by atoms with van der Waals surface area (Å²) in [6.45, 7) is 0.725. The van der Waals surface area contributed by atoms with Crippen molar-refractivity contribution in [2.24, 2.45) is 0 Å². The summed E-state index contributed by atoms with van der Waals surface area (Å²) in [6, 6.07) is 13.4. The Kier molecular flexibility index (Phi) is 3.95. The van der Waals surface area contributed by atoms with Gasteiger partial charge in [-0.1, -0.05) is 23.7 Å². The van der Waals surface area contributed by atoms with Crippen LogP contribution >= 0.6 is 11.6 Å². The summed E-state index contributed by atoms with van der Waals surface area (Å²) in [5.74, 6) is 0.687. The molecule has 0 aliphatic heterocycles. The molecular formula is C14H15ClN2O. The largest absolute Gasteiger partial charge is 0.495 e. The number of hydrogen-bond donors (Lipinski definition) is 2. The molecule has 0 bridgehead atoms. The Bertz CT molecular complexity index is 526. The minimum absolute atomic E-state index is 0.624. The smallest absolute Gasteiger partial charge is 0.141 e. The van der Waals surface area contributed by atoms with E-state index in [0.29, 0.717) is 11.4 Å². The second-order valence-corrected chi connectivity index (χ2v) is 4.37. The number of nitrogens with two attached hydrogens (primary N) is 1. The monoisotopic (exact) mass is 262 g/mol. The molecule has 0 spiro atoms. The third kappa shape index (κ3) is 3.08. The van der Waals surface area contributed by atoms with Crippen LogP contribution in [-0.2, 0) is 6.54 Å². The first-order valence-electron chi connectivity index (χ1n) is 5.61. The van der Waals surface area contributed by atoms with E-state index in [-0.39, 0.29) is 0 Å². The number of benzene rings is 2. The van der Waals surface area contributed by atoms with E-state index >= 15 is 0 Å². The van der Waals surface area contributed by atoms with Crippen molar-refractivity contribution in [3.8, 4) is 5.75 Å². The van der Waals surface area contributed by atoms with E-state index in [4.69, 9.17) is 22.1 Å². The van der Waals surface area contributed by atoms with Gasteiger partial charge in [0.2, 0.25) is 0 Å². The summed E-state index contributed by atoms with van der Waals surface area (Å²) in [4.78, 5) is 0. The molecule has 0 fully saturated rings. The highest BCUT2D eigenvalue weighted by atomic mass is 35.5. The SMILES string of the molecule is COc1ccc(NCc2ccc(Cl)cc2)cc1N. The van der Waals surface area contributed by atoms with Gasteiger partial charge in [0.1, 0.15) is 5.75 Å². The van der Waals surface area contributed by atoms with Gasteiger partial charge in [0, 0.05) is 17.3 Å². The van der Waals surface area contributed by atoms with Gasteiger partial charge >= 0.3 is 0 Å². The normalized spacial score (nSPS) is 10.1. The fourth-order valence-corrected chi connectivity index (χ4v) is 1.78. The van der Waals surface area contributed by atoms with Crippen LogP contribution in [0.25, 0.3) is 0 Å². The average Bonchev–Trinajstić information content (AvgIpc) is 2.38. The molecule has 94 valence electrons. The summed E-state index contributed by atoms with van der Waals surface area (Å²) in [6.07, 6.45) is 0. The highest BCUT2D eigenvalue weighted by Crippen LogP contribution is 2.24. The number of methoxy groups -OCH3 is 1. The molecule has 0 saturated carbocycles. The molecule has 0 unspecified atom stereocenters. The standard InChI is InChI=1S/C14H15ClN2O/c1-18-14-7-6-12(8-13(14)16)17-9-10-2-4-11(15)5-3-10/h2-8,17H,9,16H2,1H3. The van der Waals surface area contributed by atoms with Crippen molar-refractivity contribution in [3.05, 3.63) is 53.1 Å². The summed E-state index contributed by atoms with van der Waals surface area (Å²) >= 11 is 5.83. The average molecular weight is 263 g/mol. The van der Waals surface area contributed by atoms with Crippen molar-refractivity contribution in [3.63, 3.8) is 0 Å². The molecule has 0 amide bonds. The van der Waals surface area contributed by atoms with E-state index in [2.05, 4.69) is 5.32 Å². The molecule has 0 aromatic heterocycles. The Morgan fingerprint density at radius 2 is 1.89 bits per heavy atom. The van der Waals surface area contributed by atoms with Gasteiger partial charge in [-0.3, -0.25) is 0 Å². The topological polar surface area (TPSA) is 47.3 Å². The van der Waals surface area contributed by atoms with Crippen molar-refractivity contribution in [1.82, 2.24) is 0 Å². The van der Waals surface area contributed by atoms with Gasteiger partial charge in [-0.2, -0.15) is 0 Å². The Labute approximate surface area is 112 Å². The van der Waals surface area contributed by atoms with E-state index in [1.54, 1.807) is 7.11 Å². The number of anilines is 2. The minimum atomic E-state index is 0.624. The molecule has 4 heteroatoms. The molecule has 0 saturated heterocycles. The quantitative estimate of drug-likeness (QED) is 0.829. The number of halogens is 1. The molecule has 0 radical (unpaired) electrons. The molecule has 2 aromatic carbocycles. The van der Waals surface area contributed by atoms with Crippen molar-refractivity contribution >= 4 is 23.0 Å². The Balaban J connectivity index is 2.02. The highest BCUT2D eigenvalue weighted by molar-refractivity contribution is 6.30. The Morgan fingerprint density at radius 1 is 1.17 bits per heavy atom. The van der Waals surface area contributed by atoms with E-state index in [1.165, 1.54) is 0 Å². The van der Waals surface area contributed by atoms with Crippen molar-refractivity contribution in [1.29, 1.82) is 0 Å². The van der Waals surface area contributed by atoms with E-state index in [0.717, 1.165) is 22.8 Å². The Morgan fingerprint density at radius 3 is 2.50 bits per heavy atom. The van der Waals surface area contributed by atoms with Crippen LogP contribution in [-0.4, -0.2) is 7.11 Å². The van der Waals surface area contributed by atoms with E-state index in [9.17, 15) is 0 Å². The van der Waals surface area contributed by atoms with Crippen LogP contribution in [0, 0.1) is 0 Å². The van der Waals surface area contributed by atoms with Gasteiger partial charge in [0.15, 0.2) is 0 Å².